The van der Waals surface area contributed by atoms with Crippen molar-refractivity contribution in [1.82, 2.24) is 9.80 Å². The number of carbonyl (C=O) groups is 4. The molecule has 2 saturated heterocycles. The van der Waals surface area contributed by atoms with Gasteiger partial charge in [-0.3, -0.25) is 14.5 Å². The Morgan fingerprint density at radius 1 is 0.976 bits per heavy atom. The van der Waals surface area contributed by atoms with Crippen molar-refractivity contribution in [3.8, 4) is 11.8 Å². The molecule has 0 spiro atoms. The number of benzene rings is 2. The van der Waals surface area contributed by atoms with Crippen molar-refractivity contribution < 1.29 is 38.9 Å². The van der Waals surface area contributed by atoms with Crippen LogP contribution in [0.1, 0.15) is 50.0 Å². The fraction of sp³-hybridized carbons (Fsp3) is 0.387. The number of carboxylic acid groups (broad SMARTS) is 2. The number of ether oxygens (including phenoxy) is 2. The van der Waals surface area contributed by atoms with E-state index in [1.54, 1.807) is 24.3 Å². The van der Waals surface area contributed by atoms with E-state index in [1.807, 2.05) is 37.8 Å². The maximum atomic E-state index is 13.3. The van der Waals surface area contributed by atoms with Gasteiger partial charge in [0, 0.05) is 44.9 Å². The minimum atomic E-state index is -1.26. The highest BCUT2D eigenvalue weighted by atomic mass is 16.6. The molecule has 1 amide bonds. The molecule has 0 unspecified atom stereocenters. The topological polar surface area (TPSA) is 157 Å². The van der Waals surface area contributed by atoms with E-state index in [9.17, 15) is 19.2 Å². The van der Waals surface area contributed by atoms with E-state index in [2.05, 4.69) is 23.1 Å². The van der Waals surface area contributed by atoms with Gasteiger partial charge in [-0.2, -0.15) is 5.26 Å². The van der Waals surface area contributed by atoms with Gasteiger partial charge in [-0.05, 0) is 56.2 Å². The number of rotatable bonds is 7. The summed E-state index contributed by atoms with van der Waals surface area (Å²) < 4.78 is 11.4. The lowest BCUT2D eigenvalue weighted by atomic mass is 9.93. The molecule has 2 atom stereocenters. The van der Waals surface area contributed by atoms with Crippen LogP contribution in [-0.4, -0.2) is 75.6 Å². The van der Waals surface area contributed by atoms with Gasteiger partial charge in [0.1, 0.15) is 17.5 Å². The third-order valence-corrected chi connectivity index (χ3v) is 6.50. The molecule has 11 nitrogen and oxygen atoms in total. The molecule has 2 aliphatic heterocycles. The van der Waals surface area contributed by atoms with Crippen molar-refractivity contribution in [2.24, 2.45) is 5.92 Å². The molecular weight excluding hydrogens is 542 g/mol. The molecule has 2 aromatic rings. The second kappa shape index (κ2) is 14.3. The zero-order chi connectivity index (χ0) is 30.9. The molecule has 2 heterocycles. The maximum Gasteiger partial charge on any atom is 0.328 e. The zero-order valence-corrected chi connectivity index (χ0v) is 23.9. The predicted molar refractivity (Wildman–Crippen MR) is 151 cm³/mol. The largest absolute Gasteiger partial charge is 0.488 e. The van der Waals surface area contributed by atoms with Gasteiger partial charge in [0.05, 0.1) is 24.0 Å². The summed E-state index contributed by atoms with van der Waals surface area (Å²) in [7, 11) is 0. The summed E-state index contributed by atoms with van der Waals surface area (Å²) in [5.41, 5.74) is 2.26. The van der Waals surface area contributed by atoms with Gasteiger partial charge in [-0.15, -0.1) is 0 Å². The minimum absolute atomic E-state index is 0.0384. The minimum Gasteiger partial charge on any atom is -0.488 e. The molecule has 2 N–H and O–H groups in total. The Bertz CT molecular complexity index is 1320. The molecule has 11 heteroatoms. The molecule has 0 aliphatic carbocycles. The smallest absolute Gasteiger partial charge is 0.328 e. The van der Waals surface area contributed by atoms with Crippen LogP contribution in [0.25, 0.3) is 0 Å². The van der Waals surface area contributed by atoms with E-state index in [1.165, 1.54) is 5.56 Å². The Morgan fingerprint density at radius 2 is 1.55 bits per heavy atom. The number of cyclic esters (lactones) is 1. The fourth-order valence-corrected chi connectivity index (χ4v) is 4.60. The summed E-state index contributed by atoms with van der Waals surface area (Å²) in [6, 6.07) is 17.1. The van der Waals surface area contributed by atoms with Crippen LogP contribution in [-0.2, 0) is 30.5 Å². The first-order chi connectivity index (χ1) is 19.8. The lowest BCUT2D eigenvalue weighted by Crippen LogP contribution is -2.50. The molecule has 2 aromatic carbocycles. The first-order valence-corrected chi connectivity index (χ1v) is 13.5. The molecule has 2 fully saturated rings. The monoisotopic (exact) mass is 577 g/mol. The molecule has 222 valence electrons. The zero-order valence-electron chi connectivity index (χ0n) is 23.9. The summed E-state index contributed by atoms with van der Waals surface area (Å²) in [6.07, 6.45) is 0.608. The van der Waals surface area contributed by atoms with Crippen LogP contribution in [0.3, 0.4) is 0 Å². The molecule has 42 heavy (non-hydrogen) atoms. The number of carboxylic acids is 2. The SMILES string of the molecule is CC(C)(C)Oc1ccc(CN2CCN(C(=O)[C@H]3CC(=O)O[C@@H]3c3ccc(C#N)cc3)CC2)cc1.O=C(O)/C=C\C(=O)O. The van der Waals surface area contributed by atoms with Crippen LogP contribution in [0.4, 0.5) is 0 Å². The summed E-state index contributed by atoms with van der Waals surface area (Å²) in [6.45, 7) is 9.69. The van der Waals surface area contributed by atoms with Crippen LogP contribution in [0.2, 0.25) is 0 Å². The quantitative estimate of drug-likeness (QED) is 0.369. The number of hydrogen-bond donors (Lipinski definition) is 2. The molecule has 0 saturated carbocycles. The average Bonchev–Trinajstić information content (AvgIpc) is 3.34. The van der Waals surface area contributed by atoms with Crippen molar-refractivity contribution in [2.75, 3.05) is 26.2 Å². The maximum absolute atomic E-state index is 13.3. The normalized spacial score (nSPS) is 18.9. The standard InChI is InChI=1S/C27H31N3O4.C4H4O4/c1-27(2,3)34-22-10-6-20(7-11-22)18-29-12-14-30(15-13-29)26(32)23-16-24(31)33-25(23)21-8-4-19(17-28)5-9-21;5-3(6)1-2-4(7)8/h4-11,23,25H,12-16,18H2,1-3H3;1-2H,(H,5,6)(H,7,8)/b;2-1-/t23-,25+;/m0./s1. The third kappa shape index (κ3) is 9.74. The molecule has 0 aromatic heterocycles. The Balaban J connectivity index is 0.000000531. The average molecular weight is 578 g/mol. The van der Waals surface area contributed by atoms with Gasteiger partial charge in [-0.25, -0.2) is 9.59 Å². The van der Waals surface area contributed by atoms with Gasteiger partial charge < -0.3 is 24.6 Å². The highest BCUT2D eigenvalue weighted by molar-refractivity contribution is 5.89. The molecular formula is C31H35N3O8. The van der Waals surface area contributed by atoms with E-state index in [0.29, 0.717) is 30.8 Å². The van der Waals surface area contributed by atoms with Gasteiger partial charge in [0.2, 0.25) is 5.91 Å². The highest BCUT2D eigenvalue weighted by Crippen LogP contribution is 2.37. The fourth-order valence-electron chi connectivity index (χ4n) is 4.60. The van der Waals surface area contributed by atoms with Crippen molar-refractivity contribution in [3.63, 3.8) is 0 Å². The van der Waals surface area contributed by atoms with Crippen LogP contribution < -0.4 is 4.74 Å². The number of carbonyl (C=O) groups excluding carboxylic acids is 2. The van der Waals surface area contributed by atoms with E-state index in [0.717, 1.165) is 30.9 Å². The Hall–Kier alpha value is -4.69. The number of hydrogen-bond acceptors (Lipinski definition) is 8. The van der Waals surface area contributed by atoms with Crippen LogP contribution in [0.5, 0.6) is 5.75 Å². The lowest BCUT2D eigenvalue weighted by Gasteiger charge is -2.36. The third-order valence-electron chi connectivity index (χ3n) is 6.50. The van der Waals surface area contributed by atoms with E-state index >= 15 is 0 Å². The molecule has 2 aliphatic rings. The number of esters is 1. The van der Waals surface area contributed by atoms with Gasteiger partial charge in [0.25, 0.3) is 0 Å². The van der Waals surface area contributed by atoms with Crippen LogP contribution in [0.15, 0.2) is 60.7 Å². The second-order valence-electron chi connectivity index (χ2n) is 10.9. The Morgan fingerprint density at radius 3 is 2.05 bits per heavy atom. The van der Waals surface area contributed by atoms with Crippen molar-refractivity contribution in [3.05, 3.63) is 77.4 Å². The lowest BCUT2D eigenvalue weighted by molar-refractivity contribution is -0.143. The predicted octanol–water partition coefficient (Wildman–Crippen LogP) is 3.40. The summed E-state index contributed by atoms with van der Waals surface area (Å²) in [5.74, 6) is -2.58. The molecule has 0 bridgehead atoms. The van der Waals surface area contributed by atoms with E-state index in [4.69, 9.17) is 24.9 Å². The Labute approximate surface area is 244 Å². The first kappa shape index (κ1) is 31.8. The van der Waals surface area contributed by atoms with Crippen LogP contribution >= 0.6 is 0 Å². The summed E-state index contributed by atoms with van der Waals surface area (Å²) in [4.78, 5) is 48.6. The van der Waals surface area contributed by atoms with Gasteiger partial charge in [-0.1, -0.05) is 24.3 Å². The van der Waals surface area contributed by atoms with Crippen LogP contribution in [0, 0.1) is 17.2 Å². The number of amides is 1. The Kier molecular flexibility index (Phi) is 10.8. The summed E-state index contributed by atoms with van der Waals surface area (Å²) >= 11 is 0. The van der Waals surface area contributed by atoms with Crippen molar-refractivity contribution in [1.29, 1.82) is 5.26 Å². The van der Waals surface area contributed by atoms with Gasteiger partial charge >= 0.3 is 17.9 Å². The molecule has 4 rings (SSSR count). The highest BCUT2D eigenvalue weighted by Gasteiger charge is 2.43. The first-order valence-electron chi connectivity index (χ1n) is 13.5. The second-order valence-corrected chi connectivity index (χ2v) is 10.9. The van der Waals surface area contributed by atoms with E-state index < -0.39 is 24.0 Å². The number of aliphatic carboxylic acids is 2. The van der Waals surface area contributed by atoms with Crippen molar-refractivity contribution >= 4 is 23.8 Å². The number of nitrogens with zero attached hydrogens (tertiary/aromatic N) is 3. The van der Waals surface area contributed by atoms with E-state index in [-0.39, 0.29) is 23.9 Å². The molecule has 0 radical (unpaired) electrons. The summed E-state index contributed by atoms with van der Waals surface area (Å²) in [5, 5.41) is 24.6. The number of nitriles is 1. The van der Waals surface area contributed by atoms with Gasteiger partial charge in [0.15, 0.2) is 0 Å². The van der Waals surface area contributed by atoms with Crippen molar-refractivity contribution in [2.45, 2.75) is 45.4 Å². The number of piperazine rings is 1.